The van der Waals surface area contributed by atoms with Gasteiger partial charge in [-0.1, -0.05) is 0 Å². The van der Waals surface area contributed by atoms with Gasteiger partial charge in [0.15, 0.2) is 0 Å². The predicted octanol–water partition coefficient (Wildman–Crippen LogP) is 4.30. The van der Waals surface area contributed by atoms with Gasteiger partial charge in [0.2, 0.25) is 0 Å². The summed E-state index contributed by atoms with van der Waals surface area (Å²) in [6.07, 6.45) is -7.21. The van der Waals surface area contributed by atoms with Crippen LogP contribution >= 0.6 is 7.37 Å². The molecule has 2 nitrogen and oxygen atoms in total. The maximum Gasteiger partial charge on any atom is 0.460 e. The van der Waals surface area contributed by atoms with Crippen LogP contribution in [0.4, 0.5) is 48.3 Å². The lowest BCUT2D eigenvalue weighted by molar-refractivity contribution is -0.336. The maximum atomic E-state index is 12.7. The summed E-state index contributed by atoms with van der Waals surface area (Å²) in [5.41, 5.74) is -14.1. The highest BCUT2D eigenvalue weighted by atomic mass is 31.2. The Morgan fingerprint density at radius 3 is 1.25 bits per heavy atom. The SMILES string of the molecule is CC(F)(F)C(F)(F)P(=O)(O)C(F)(F)C(F)(F)C(F)(F)F. The van der Waals surface area contributed by atoms with E-state index in [1.54, 1.807) is 0 Å². The smallest absolute Gasteiger partial charge is 0.336 e. The molecular formula is C6H4F11O2P. The average Bonchev–Trinajstić information content (AvgIpc) is 2.12. The zero-order chi connectivity index (χ0) is 17.0. The molecule has 0 amide bonds. The van der Waals surface area contributed by atoms with Gasteiger partial charge in [-0.15, -0.1) is 0 Å². The molecule has 122 valence electrons. The van der Waals surface area contributed by atoms with Gasteiger partial charge in [-0.2, -0.15) is 48.3 Å². The van der Waals surface area contributed by atoms with Crippen molar-refractivity contribution in [2.45, 2.75) is 36.3 Å². The van der Waals surface area contributed by atoms with Crippen molar-refractivity contribution in [2.75, 3.05) is 0 Å². The quantitative estimate of drug-likeness (QED) is 0.608. The number of halogens is 11. The first-order valence-corrected chi connectivity index (χ1v) is 5.82. The molecule has 1 atom stereocenters. The van der Waals surface area contributed by atoms with Crippen molar-refractivity contribution < 1.29 is 57.8 Å². The zero-order valence-corrected chi connectivity index (χ0v) is 9.85. The molecular weight excluding hydrogens is 344 g/mol. The van der Waals surface area contributed by atoms with Crippen molar-refractivity contribution in [1.82, 2.24) is 0 Å². The van der Waals surface area contributed by atoms with Crippen LogP contribution in [0.1, 0.15) is 6.92 Å². The van der Waals surface area contributed by atoms with Gasteiger partial charge in [-0.3, -0.25) is 4.57 Å². The van der Waals surface area contributed by atoms with E-state index < -0.39 is 43.6 Å². The van der Waals surface area contributed by atoms with Crippen LogP contribution in [0.25, 0.3) is 0 Å². The Morgan fingerprint density at radius 2 is 1.05 bits per heavy atom. The molecule has 0 rings (SSSR count). The highest BCUT2D eigenvalue weighted by molar-refractivity contribution is 7.60. The molecule has 1 unspecified atom stereocenters. The number of hydrogen-bond donors (Lipinski definition) is 1. The second kappa shape index (κ2) is 4.46. The molecule has 0 radical (unpaired) electrons. The van der Waals surface area contributed by atoms with Crippen LogP contribution in [-0.2, 0) is 4.57 Å². The summed E-state index contributed by atoms with van der Waals surface area (Å²) >= 11 is 0. The minimum absolute atomic E-state index is 0.891. The van der Waals surface area contributed by atoms with Gasteiger partial charge in [0.05, 0.1) is 0 Å². The summed E-state index contributed by atoms with van der Waals surface area (Å²) in [6, 6.07) is 0. The molecule has 0 fully saturated rings. The fourth-order valence-electron chi connectivity index (χ4n) is 0.803. The second-order valence-corrected chi connectivity index (χ2v) is 5.89. The molecule has 0 aromatic carbocycles. The lowest BCUT2D eigenvalue weighted by Gasteiger charge is -2.36. The minimum Gasteiger partial charge on any atom is -0.336 e. The molecule has 0 saturated heterocycles. The Balaban J connectivity index is 6.16. The van der Waals surface area contributed by atoms with Gasteiger partial charge in [0.1, 0.15) is 0 Å². The molecule has 1 N–H and O–H groups in total. The Labute approximate surface area is 103 Å². The number of hydrogen-bond acceptors (Lipinski definition) is 1. The van der Waals surface area contributed by atoms with Crippen molar-refractivity contribution in [1.29, 1.82) is 0 Å². The van der Waals surface area contributed by atoms with Gasteiger partial charge < -0.3 is 4.89 Å². The van der Waals surface area contributed by atoms with Gasteiger partial charge in [-0.05, 0) is 0 Å². The summed E-state index contributed by atoms with van der Waals surface area (Å²) in [7, 11) is -8.32. The van der Waals surface area contributed by atoms with Crippen LogP contribution in [0, 0.1) is 0 Å². The first kappa shape index (κ1) is 19.4. The van der Waals surface area contributed by atoms with E-state index in [0.29, 0.717) is 0 Å². The van der Waals surface area contributed by atoms with Crippen LogP contribution in [0.3, 0.4) is 0 Å². The van der Waals surface area contributed by atoms with Crippen LogP contribution in [0.15, 0.2) is 0 Å². The maximum absolute atomic E-state index is 12.7. The van der Waals surface area contributed by atoms with E-state index in [1.807, 2.05) is 0 Å². The van der Waals surface area contributed by atoms with Gasteiger partial charge in [0.25, 0.3) is 0 Å². The van der Waals surface area contributed by atoms with Crippen molar-refractivity contribution in [3.63, 3.8) is 0 Å². The third-order valence-electron chi connectivity index (χ3n) is 2.02. The van der Waals surface area contributed by atoms with Gasteiger partial charge in [0, 0.05) is 6.92 Å². The van der Waals surface area contributed by atoms with Gasteiger partial charge >= 0.3 is 36.7 Å². The van der Waals surface area contributed by atoms with E-state index in [0.717, 1.165) is 0 Å². The lowest BCUT2D eigenvalue weighted by atomic mass is 10.3. The molecule has 0 aliphatic carbocycles. The van der Waals surface area contributed by atoms with Crippen molar-refractivity contribution in [2.24, 2.45) is 0 Å². The number of rotatable bonds is 4. The van der Waals surface area contributed by atoms with Crippen molar-refractivity contribution in [3.8, 4) is 0 Å². The summed E-state index contributed by atoms with van der Waals surface area (Å²) in [5, 5.41) is 0. The molecule has 0 bridgehead atoms. The second-order valence-electron chi connectivity index (χ2n) is 3.62. The normalized spacial score (nSPS) is 18.9. The zero-order valence-electron chi connectivity index (χ0n) is 8.96. The predicted molar refractivity (Wildman–Crippen MR) is 41.3 cm³/mol. The Hall–Kier alpha value is -0.580. The first-order chi connectivity index (χ1) is 8.25. The first-order valence-electron chi connectivity index (χ1n) is 4.16. The van der Waals surface area contributed by atoms with Crippen LogP contribution in [-0.4, -0.2) is 34.2 Å². The van der Waals surface area contributed by atoms with Crippen LogP contribution in [0.2, 0.25) is 0 Å². The monoisotopic (exact) mass is 348 g/mol. The van der Waals surface area contributed by atoms with Crippen LogP contribution < -0.4 is 0 Å². The van der Waals surface area contributed by atoms with E-state index in [-0.39, 0.29) is 0 Å². The molecule has 0 aromatic rings. The van der Waals surface area contributed by atoms with E-state index in [1.165, 1.54) is 0 Å². The molecule has 0 saturated carbocycles. The van der Waals surface area contributed by atoms with E-state index in [9.17, 15) is 52.9 Å². The Kier molecular flexibility index (Phi) is 4.33. The Bertz CT molecular complexity index is 420. The fraction of sp³-hybridized carbons (Fsp3) is 1.00. The third kappa shape index (κ3) is 2.38. The minimum atomic E-state index is -8.32. The van der Waals surface area contributed by atoms with Gasteiger partial charge in [-0.25, -0.2) is 0 Å². The topological polar surface area (TPSA) is 37.3 Å². The van der Waals surface area contributed by atoms with Crippen molar-refractivity contribution in [3.05, 3.63) is 0 Å². The molecule has 0 aliphatic heterocycles. The fourth-order valence-corrected chi connectivity index (χ4v) is 2.20. The highest BCUT2D eigenvalue weighted by Crippen LogP contribution is 2.75. The number of alkyl halides is 11. The summed E-state index contributed by atoms with van der Waals surface area (Å²) in [5.74, 6) is -13.2. The summed E-state index contributed by atoms with van der Waals surface area (Å²) < 4.78 is 146. The standard InChI is InChI=1S/C6H4F11O2P/c1-2(7,8)5(14,15)20(18,19)6(16,17)3(9,10)4(11,12)13/h1H3,(H,18,19). The molecule has 20 heavy (non-hydrogen) atoms. The lowest BCUT2D eigenvalue weighted by Crippen LogP contribution is -2.55. The molecule has 14 heteroatoms. The third-order valence-corrected chi connectivity index (χ3v) is 4.22. The Morgan fingerprint density at radius 1 is 0.750 bits per heavy atom. The largest absolute Gasteiger partial charge is 0.460 e. The molecule has 0 spiro atoms. The van der Waals surface area contributed by atoms with Crippen LogP contribution in [0.5, 0.6) is 0 Å². The van der Waals surface area contributed by atoms with E-state index >= 15 is 0 Å². The summed E-state index contributed by atoms with van der Waals surface area (Å²) in [4.78, 5) is 8.20. The molecule has 0 aliphatic rings. The highest BCUT2D eigenvalue weighted by Gasteiger charge is 2.86. The summed E-state index contributed by atoms with van der Waals surface area (Å²) in [6.45, 7) is -0.891. The van der Waals surface area contributed by atoms with Crippen molar-refractivity contribution >= 4 is 7.37 Å². The molecule has 0 heterocycles. The van der Waals surface area contributed by atoms with E-state index in [4.69, 9.17) is 4.89 Å². The molecule has 0 aromatic heterocycles. The van der Waals surface area contributed by atoms with E-state index in [2.05, 4.69) is 0 Å². The average molecular weight is 348 g/mol.